The Hall–Kier alpha value is -2.94. The van der Waals surface area contributed by atoms with Crippen LogP contribution in [-0.2, 0) is 19.9 Å². The highest BCUT2D eigenvalue weighted by Crippen LogP contribution is 2.50. The molecule has 0 bridgehead atoms. The Balaban J connectivity index is 1.61. The topological polar surface area (TPSA) is 58.6 Å². The van der Waals surface area contributed by atoms with Gasteiger partial charge < -0.3 is 15.0 Å². The van der Waals surface area contributed by atoms with Crippen molar-refractivity contribution >= 4 is 11.8 Å². The van der Waals surface area contributed by atoms with Crippen molar-refractivity contribution in [2.45, 2.75) is 37.0 Å². The normalized spacial score (nSPS) is 22.2. The predicted octanol–water partition coefficient (Wildman–Crippen LogP) is 4.14. The van der Waals surface area contributed by atoms with Gasteiger partial charge in [-0.1, -0.05) is 42.5 Å². The van der Waals surface area contributed by atoms with Gasteiger partial charge in [0.1, 0.15) is 5.82 Å². The van der Waals surface area contributed by atoms with Crippen LogP contribution in [0.25, 0.3) is 0 Å². The number of nitrogens with zero attached hydrogens (tertiary/aromatic N) is 1. The third-order valence-electron chi connectivity index (χ3n) is 7.26. The van der Waals surface area contributed by atoms with E-state index in [1.165, 1.54) is 41.3 Å². The second-order valence-corrected chi connectivity index (χ2v) is 8.99. The van der Waals surface area contributed by atoms with Gasteiger partial charge in [-0.3, -0.25) is 9.59 Å². The molecule has 9 heteroatoms. The summed E-state index contributed by atoms with van der Waals surface area (Å²) in [6.45, 7) is 0.461. The standard InChI is InChI=1S/C25H26F4N2O3/c1-34-24(25(27,28)29,18-5-3-2-4-6-18)22(33)31-13-11-23(12-14-31)15-21(32)30-16-20(23)17-7-9-19(26)10-8-17/h2-10,20H,11-16H2,1H3,(H,30,32)/t20?,24-/m0/s1. The first-order chi connectivity index (χ1) is 16.1. The van der Waals surface area contributed by atoms with E-state index in [0.717, 1.165) is 12.7 Å². The van der Waals surface area contributed by atoms with Crippen LogP contribution in [0.1, 0.15) is 36.3 Å². The zero-order chi connectivity index (χ0) is 24.6. The summed E-state index contributed by atoms with van der Waals surface area (Å²) >= 11 is 0. The molecule has 0 radical (unpaired) electrons. The highest BCUT2D eigenvalue weighted by atomic mass is 19.4. The van der Waals surface area contributed by atoms with Gasteiger partial charge in [-0.25, -0.2) is 4.39 Å². The monoisotopic (exact) mass is 478 g/mol. The van der Waals surface area contributed by atoms with Crippen LogP contribution >= 0.6 is 0 Å². The van der Waals surface area contributed by atoms with Crippen LogP contribution in [0.4, 0.5) is 17.6 Å². The van der Waals surface area contributed by atoms with Gasteiger partial charge >= 0.3 is 6.18 Å². The minimum absolute atomic E-state index is 0.0534. The number of alkyl halides is 3. The lowest BCUT2D eigenvalue weighted by atomic mass is 9.62. The third-order valence-corrected chi connectivity index (χ3v) is 7.26. The van der Waals surface area contributed by atoms with E-state index in [-0.39, 0.29) is 42.7 Å². The molecular weight excluding hydrogens is 452 g/mol. The summed E-state index contributed by atoms with van der Waals surface area (Å²) in [4.78, 5) is 26.9. The minimum Gasteiger partial charge on any atom is -0.356 e. The SMILES string of the molecule is CO[C@](C(=O)N1CCC2(CC1)CC(=O)NCC2c1ccc(F)cc1)(c1ccccc1)C(F)(F)F. The lowest BCUT2D eigenvalue weighted by Gasteiger charge is -2.50. The zero-order valence-corrected chi connectivity index (χ0v) is 18.7. The number of hydrogen-bond acceptors (Lipinski definition) is 3. The average molecular weight is 478 g/mol. The Morgan fingerprint density at radius 2 is 1.68 bits per heavy atom. The summed E-state index contributed by atoms with van der Waals surface area (Å²) in [7, 11) is 0.889. The van der Waals surface area contributed by atoms with Gasteiger partial charge in [-0.15, -0.1) is 0 Å². The number of rotatable bonds is 4. The molecule has 1 unspecified atom stereocenters. The lowest BCUT2D eigenvalue weighted by molar-refractivity contribution is -0.271. The lowest BCUT2D eigenvalue weighted by Crippen LogP contribution is -2.60. The van der Waals surface area contributed by atoms with Gasteiger partial charge in [-0.05, 0) is 36.0 Å². The van der Waals surface area contributed by atoms with Crippen molar-refractivity contribution in [1.82, 2.24) is 10.2 Å². The molecule has 2 aliphatic rings. The molecular formula is C25H26F4N2O3. The molecule has 2 atom stereocenters. The first-order valence-electron chi connectivity index (χ1n) is 11.1. The molecule has 182 valence electrons. The Kier molecular flexibility index (Phi) is 6.42. The number of hydrogen-bond donors (Lipinski definition) is 1. The third kappa shape index (κ3) is 4.06. The van der Waals surface area contributed by atoms with Gasteiger partial charge in [0.15, 0.2) is 0 Å². The summed E-state index contributed by atoms with van der Waals surface area (Å²) in [5.41, 5.74) is -3.07. The van der Waals surface area contributed by atoms with Crippen molar-refractivity contribution in [3.05, 3.63) is 71.5 Å². The van der Waals surface area contributed by atoms with E-state index in [1.54, 1.807) is 18.2 Å². The van der Waals surface area contributed by atoms with E-state index in [9.17, 15) is 27.2 Å². The van der Waals surface area contributed by atoms with E-state index >= 15 is 0 Å². The maximum atomic E-state index is 14.3. The first kappa shape index (κ1) is 24.2. The van der Waals surface area contributed by atoms with Crippen LogP contribution in [0.3, 0.4) is 0 Å². The molecule has 2 aliphatic heterocycles. The van der Waals surface area contributed by atoms with Gasteiger partial charge in [0.2, 0.25) is 5.91 Å². The van der Waals surface area contributed by atoms with Crippen molar-refractivity contribution in [2.24, 2.45) is 5.41 Å². The fraction of sp³-hybridized carbons (Fsp3) is 0.440. The molecule has 1 spiro atoms. The number of halogens is 4. The van der Waals surface area contributed by atoms with Crippen LogP contribution in [0.15, 0.2) is 54.6 Å². The predicted molar refractivity (Wildman–Crippen MR) is 116 cm³/mol. The summed E-state index contributed by atoms with van der Waals surface area (Å²) in [6, 6.07) is 13.0. The number of nitrogens with one attached hydrogen (secondary N) is 1. The van der Waals surface area contributed by atoms with Gasteiger partial charge in [0.25, 0.3) is 11.5 Å². The summed E-state index contributed by atoms with van der Waals surface area (Å²) < 4.78 is 61.4. The van der Waals surface area contributed by atoms with Crippen molar-refractivity contribution in [3.8, 4) is 0 Å². The summed E-state index contributed by atoms with van der Waals surface area (Å²) in [6.07, 6.45) is -4.08. The Morgan fingerprint density at radius 1 is 1.06 bits per heavy atom. The number of carbonyl (C=O) groups is 2. The van der Waals surface area contributed by atoms with E-state index in [0.29, 0.717) is 19.4 Å². The molecule has 2 aromatic carbocycles. The maximum absolute atomic E-state index is 14.3. The summed E-state index contributed by atoms with van der Waals surface area (Å²) in [5, 5.41) is 2.84. The Labute approximate surface area is 195 Å². The first-order valence-corrected chi connectivity index (χ1v) is 11.1. The van der Waals surface area contributed by atoms with Crippen molar-refractivity contribution < 1.29 is 31.9 Å². The molecule has 2 fully saturated rings. The smallest absolute Gasteiger partial charge is 0.356 e. The Morgan fingerprint density at radius 3 is 2.24 bits per heavy atom. The number of benzene rings is 2. The zero-order valence-electron chi connectivity index (χ0n) is 18.7. The molecule has 2 aromatic rings. The van der Waals surface area contributed by atoms with Gasteiger partial charge in [0.05, 0.1) is 0 Å². The minimum atomic E-state index is -4.98. The molecule has 1 N–H and O–H groups in total. The van der Waals surface area contributed by atoms with Crippen molar-refractivity contribution in [3.63, 3.8) is 0 Å². The number of ether oxygens (including phenoxy) is 1. The van der Waals surface area contributed by atoms with Crippen LogP contribution in [0.5, 0.6) is 0 Å². The molecule has 2 heterocycles. The quantitative estimate of drug-likeness (QED) is 0.672. The van der Waals surface area contributed by atoms with Gasteiger partial charge in [0, 0.05) is 44.6 Å². The van der Waals surface area contributed by atoms with Crippen LogP contribution in [-0.4, -0.2) is 49.6 Å². The number of piperidine rings is 2. The van der Waals surface area contributed by atoms with E-state index < -0.39 is 23.1 Å². The number of amides is 2. The Bertz CT molecular complexity index is 1030. The van der Waals surface area contributed by atoms with Crippen LogP contribution in [0.2, 0.25) is 0 Å². The average Bonchev–Trinajstić information content (AvgIpc) is 2.81. The highest BCUT2D eigenvalue weighted by Gasteiger charge is 2.64. The number of carbonyl (C=O) groups excluding carboxylic acids is 2. The number of methoxy groups -OCH3 is 1. The molecule has 2 saturated heterocycles. The molecule has 0 saturated carbocycles. The van der Waals surface area contributed by atoms with E-state index in [2.05, 4.69) is 5.32 Å². The van der Waals surface area contributed by atoms with Crippen molar-refractivity contribution in [1.29, 1.82) is 0 Å². The highest BCUT2D eigenvalue weighted by molar-refractivity contribution is 5.88. The van der Waals surface area contributed by atoms with Crippen LogP contribution in [0, 0.1) is 11.2 Å². The molecule has 0 aromatic heterocycles. The van der Waals surface area contributed by atoms with E-state index in [1.807, 2.05) is 0 Å². The summed E-state index contributed by atoms with van der Waals surface area (Å²) in [5.74, 6) is -1.81. The van der Waals surface area contributed by atoms with Crippen molar-refractivity contribution in [2.75, 3.05) is 26.7 Å². The fourth-order valence-electron chi connectivity index (χ4n) is 5.41. The molecule has 34 heavy (non-hydrogen) atoms. The molecule has 4 rings (SSSR count). The van der Waals surface area contributed by atoms with E-state index in [4.69, 9.17) is 4.74 Å². The van der Waals surface area contributed by atoms with Gasteiger partial charge in [-0.2, -0.15) is 13.2 Å². The molecule has 0 aliphatic carbocycles. The maximum Gasteiger partial charge on any atom is 0.430 e. The fourth-order valence-corrected chi connectivity index (χ4v) is 5.41. The molecule has 2 amide bonds. The van der Waals surface area contributed by atoms with Crippen LogP contribution < -0.4 is 5.32 Å². The molecule has 5 nitrogen and oxygen atoms in total. The second-order valence-electron chi connectivity index (χ2n) is 8.99. The largest absolute Gasteiger partial charge is 0.430 e. The second kappa shape index (κ2) is 9.02. The number of likely N-dealkylation sites (tertiary alicyclic amines) is 1.